The highest BCUT2D eigenvalue weighted by atomic mass is 35.5. The van der Waals surface area contributed by atoms with Gasteiger partial charge in [0, 0.05) is 6.20 Å². The maximum absolute atomic E-state index is 13.1. The quantitative estimate of drug-likeness (QED) is 0.875. The third-order valence-corrected chi connectivity index (χ3v) is 2.76. The van der Waals surface area contributed by atoms with E-state index in [1.165, 1.54) is 0 Å². The topological polar surface area (TPSA) is 73.1 Å². The lowest BCUT2D eigenvalue weighted by molar-refractivity contribution is 0.145. The Kier molecular flexibility index (Phi) is 3.22. The molecule has 0 aromatic carbocycles. The molecule has 4 nitrogen and oxygen atoms in total. The van der Waals surface area contributed by atoms with Gasteiger partial charge >= 0.3 is 0 Å². The van der Waals surface area contributed by atoms with Gasteiger partial charge in [0.2, 0.25) is 0 Å². The summed E-state index contributed by atoms with van der Waals surface area (Å²) >= 11 is 5.20. The molecule has 0 atom stereocenters. The number of sulfonamides is 1. The Morgan fingerprint density at radius 1 is 1.47 bits per heavy atom. The van der Waals surface area contributed by atoms with Crippen molar-refractivity contribution in [2.24, 2.45) is 5.14 Å². The summed E-state index contributed by atoms with van der Waals surface area (Å²) in [5.41, 5.74) is -1.08. The Balaban J connectivity index is 3.48. The number of halogens is 4. The molecule has 1 aromatic rings. The highest BCUT2D eigenvalue weighted by molar-refractivity contribution is 7.89. The van der Waals surface area contributed by atoms with Crippen LogP contribution in [0.1, 0.15) is 12.0 Å². The average Bonchev–Trinajstić information content (AvgIpc) is 2.06. The van der Waals surface area contributed by atoms with Crippen LogP contribution >= 0.6 is 11.6 Å². The van der Waals surface area contributed by atoms with Gasteiger partial charge in [0.1, 0.15) is 5.02 Å². The van der Waals surface area contributed by atoms with E-state index in [4.69, 9.17) is 11.6 Å². The lowest BCUT2D eigenvalue weighted by atomic mass is 10.3. The van der Waals surface area contributed by atoms with Crippen LogP contribution in [0.2, 0.25) is 5.02 Å². The number of nitrogens with zero attached hydrogens (tertiary/aromatic N) is 1. The molecule has 0 radical (unpaired) electrons. The van der Waals surface area contributed by atoms with Crippen molar-refractivity contribution in [2.75, 3.05) is 0 Å². The van der Waals surface area contributed by atoms with Crippen LogP contribution in [0.25, 0.3) is 0 Å². The SMILES string of the molecule is NS(=O)(=O)c1ncc(C(F)F)c(F)c1Cl. The smallest absolute Gasteiger partial charge is 0.241 e. The van der Waals surface area contributed by atoms with Crippen molar-refractivity contribution >= 4 is 21.6 Å². The fourth-order valence-corrected chi connectivity index (χ4v) is 1.83. The van der Waals surface area contributed by atoms with E-state index in [0.717, 1.165) is 0 Å². The fourth-order valence-electron chi connectivity index (χ4n) is 0.813. The number of primary sulfonamides is 1. The van der Waals surface area contributed by atoms with Crippen LogP contribution in [0, 0.1) is 5.82 Å². The van der Waals surface area contributed by atoms with Gasteiger partial charge < -0.3 is 0 Å². The lowest BCUT2D eigenvalue weighted by Crippen LogP contribution is -2.15. The zero-order valence-corrected chi connectivity index (χ0v) is 8.49. The first-order valence-corrected chi connectivity index (χ1v) is 5.32. The normalized spacial score (nSPS) is 12.1. The molecular formula is C6H4ClF3N2O2S. The summed E-state index contributed by atoms with van der Waals surface area (Å²) < 4.78 is 58.8. The summed E-state index contributed by atoms with van der Waals surface area (Å²) in [6.45, 7) is 0. The molecule has 2 N–H and O–H groups in total. The molecule has 0 spiro atoms. The first-order chi connectivity index (χ1) is 6.75. The molecule has 0 amide bonds. The van der Waals surface area contributed by atoms with Crippen molar-refractivity contribution in [1.82, 2.24) is 4.98 Å². The maximum atomic E-state index is 13.1. The minimum atomic E-state index is -4.33. The highest BCUT2D eigenvalue weighted by Crippen LogP contribution is 2.29. The van der Waals surface area contributed by atoms with Gasteiger partial charge in [0.05, 0.1) is 5.56 Å². The minimum absolute atomic E-state index is 0.381. The number of rotatable bonds is 2. The molecule has 1 aromatic heterocycles. The van der Waals surface area contributed by atoms with Crippen LogP contribution in [0.5, 0.6) is 0 Å². The predicted molar refractivity (Wildman–Crippen MR) is 45.5 cm³/mol. The highest BCUT2D eigenvalue weighted by Gasteiger charge is 2.24. The first kappa shape index (κ1) is 12.2. The third-order valence-electron chi connectivity index (χ3n) is 1.46. The maximum Gasteiger partial charge on any atom is 0.268 e. The Hall–Kier alpha value is -0.860. The van der Waals surface area contributed by atoms with Gasteiger partial charge in [-0.3, -0.25) is 0 Å². The van der Waals surface area contributed by atoms with Gasteiger partial charge in [-0.25, -0.2) is 31.7 Å². The van der Waals surface area contributed by atoms with Crippen LogP contribution < -0.4 is 5.14 Å². The van der Waals surface area contributed by atoms with Crippen molar-refractivity contribution in [3.63, 3.8) is 0 Å². The molecule has 0 aliphatic heterocycles. The molecule has 0 aliphatic rings. The van der Waals surface area contributed by atoms with E-state index in [1.54, 1.807) is 0 Å². The van der Waals surface area contributed by atoms with Crippen molar-refractivity contribution in [1.29, 1.82) is 0 Å². The zero-order valence-electron chi connectivity index (χ0n) is 6.92. The van der Waals surface area contributed by atoms with Gasteiger partial charge in [-0.15, -0.1) is 0 Å². The van der Waals surface area contributed by atoms with Crippen LogP contribution in [-0.2, 0) is 10.0 Å². The molecular weight excluding hydrogens is 257 g/mol. The molecule has 0 fully saturated rings. The minimum Gasteiger partial charge on any atom is -0.241 e. The molecule has 1 rings (SSSR count). The molecule has 0 aliphatic carbocycles. The standard InChI is InChI=1S/C6H4ClF3N2O2S/c7-3-4(8)2(5(9)10)1-12-6(3)15(11,13)14/h1,5H,(H2,11,13,14). The molecule has 0 saturated heterocycles. The number of aromatic nitrogens is 1. The number of nitrogens with two attached hydrogens (primary N) is 1. The van der Waals surface area contributed by atoms with Crippen LogP contribution in [0.4, 0.5) is 13.2 Å². The van der Waals surface area contributed by atoms with Crippen LogP contribution in [0.3, 0.4) is 0 Å². The average molecular weight is 261 g/mol. The van der Waals surface area contributed by atoms with E-state index in [9.17, 15) is 21.6 Å². The van der Waals surface area contributed by atoms with E-state index in [-0.39, 0.29) is 0 Å². The molecule has 0 saturated carbocycles. The molecule has 1 heterocycles. The lowest BCUT2D eigenvalue weighted by Gasteiger charge is -2.05. The Bertz CT molecular complexity index is 491. The van der Waals surface area contributed by atoms with Gasteiger partial charge in [0.25, 0.3) is 16.4 Å². The van der Waals surface area contributed by atoms with Crippen LogP contribution in [-0.4, -0.2) is 13.4 Å². The summed E-state index contributed by atoms with van der Waals surface area (Å²) in [5.74, 6) is -1.54. The van der Waals surface area contributed by atoms with Gasteiger partial charge in [0.15, 0.2) is 10.8 Å². The van der Waals surface area contributed by atoms with Crippen molar-refractivity contribution < 1.29 is 21.6 Å². The molecule has 15 heavy (non-hydrogen) atoms. The summed E-state index contributed by atoms with van der Waals surface area (Å²) in [5, 5.41) is 2.63. The first-order valence-electron chi connectivity index (χ1n) is 3.40. The number of hydrogen-bond donors (Lipinski definition) is 1. The summed E-state index contributed by atoms with van der Waals surface area (Å²) in [6, 6.07) is 0. The van der Waals surface area contributed by atoms with Crippen molar-refractivity contribution in [3.8, 4) is 0 Å². The summed E-state index contributed by atoms with van der Waals surface area (Å²) in [4.78, 5) is 3.07. The van der Waals surface area contributed by atoms with Crippen molar-refractivity contribution in [2.45, 2.75) is 11.5 Å². The zero-order chi connectivity index (χ0) is 11.8. The summed E-state index contributed by atoms with van der Waals surface area (Å²) in [7, 11) is -4.33. The Morgan fingerprint density at radius 3 is 2.40 bits per heavy atom. The molecule has 0 unspecified atom stereocenters. The van der Waals surface area contributed by atoms with E-state index in [2.05, 4.69) is 10.1 Å². The Morgan fingerprint density at radius 2 is 2.00 bits per heavy atom. The largest absolute Gasteiger partial charge is 0.268 e. The van der Waals surface area contributed by atoms with Crippen molar-refractivity contribution in [3.05, 3.63) is 22.6 Å². The molecule has 84 valence electrons. The number of pyridine rings is 1. The third kappa shape index (κ3) is 2.39. The van der Waals surface area contributed by atoms with E-state index >= 15 is 0 Å². The van der Waals surface area contributed by atoms with Crippen LogP contribution in [0.15, 0.2) is 11.2 Å². The monoisotopic (exact) mass is 260 g/mol. The number of hydrogen-bond acceptors (Lipinski definition) is 3. The Labute approximate surface area is 87.9 Å². The molecule has 9 heteroatoms. The second-order valence-electron chi connectivity index (χ2n) is 2.49. The van der Waals surface area contributed by atoms with Gasteiger partial charge in [-0.1, -0.05) is 11.6 Å². The van der Waals surface area contributed by atoms with E-state index in [1.807, 2.05) is 0 Å². The second-order valence-corrected chi connectivity index (χ2v) is 4.35. The van der Waals surface area contributed by atoms with Gasteiger partial charge in [-0.2, -0.15) is 0 Å². The predicted octanol–water partition coefficient (Wildman–Crippen LogP) is 1.46. The van der Waals surface area contributed by atoms with E-state index < -0.39 is 37.9 Å². The number of alkyl halides is 2. The molecule has 0 bridgehead atoms. The van der Waals surface area contributed by atoms with Gasteiger partial charge in [-0.05, 0) is 0 Å². The fraction of sp³-hybridized carbons (Fsp3) is 0.167. The van der Waals surface area contributed by atoms with E-state index in [0.29, 0.717) is 6.20 Å². The summed E-state index contributed by atoms with van der Waals surface area (Å²) in [6.07, 6.45) is -2.75. The second kappa shape index (κ2) is 3.95.